The van der Waals surface area contributed by atoms with Gasteiger partial charge in [-0.1, -0.05) is 42.5 Å². The Bertz CT molecular complexity index is 777. The van der Waals surface area contributed by atoms with Crippen molar-refractivity contribution in [1.82, 2.24) is 20.8 Å². The van der Waals surface area contributed by atoms with Crippen LogP contribution in [-0.4, -0.2) is 23.2 Å². The average Bonchev–Trinajstić information content (AvgIpc) is 2.98. The maximum absolute atomic E-state index is 12.3. The minimum Gasteiger partial charge on any atom is -0.347 e. The summed E-state index contributed by atoms with van der Waals surface area (Å²) in [6, 6.07) is 15.8. The van der Waals surface area contributed by atoms with Crippen molar-refractivity contribution in [3.05, 3.63) is 65.4 Å². The van der Waals surface area contributed by atoms with Crippen LogP contribution in [0.3, 0.4) is 0 Å². The van der Waals surface area contributed by atoms with E-state index in [-0.39, 0.29) is 5.91 Å². The van der Waals surface area contributed by atoms with E-state index in [1.165, 1.54) is 5.56 Å². The second-order valence-electron chi connectivity index (χ2n) is 5.15. The Hall–Kier alpha value is -2.66. The first kappa shape index (κ1) is 14.3. The summed E-state index contributed by atoms with van der Waals surface area (Å²) in [7, 11) is 1.92. The lowest BCUT2D eigenvalue weighted by Crippen LogP contribution is -2.23. The smallest absolute Gasteiger partial charge is 0.272 e. The Morgan fingerprint density at radius 1 is 1.05 bits per heavy atom. The molecule has 0 aliphatic carbocycles. The highest BCUT2D eigenvalue weighted by atomic mass is 16.1. The molecule has 3 N–H and O–H groups in total. The van der Waals surface area contributed by atoms with Gasteiger partial charge in [0.1, 0.15) is 0 Å². The molecule has 0 aliphatic heterocycles. The third-order valence-electron chi connectivity index (χ3n) is 3.54. The number of nitrogens with zero attached hydrogens (tertiary/aromatic N) is 1. The van der Waals surface area contributed by atoms with E-state index in [9.17, 15) is 4.79 Å². The Balaban J connectivity index is 1.67. The molecule has 1 amide bonds. The van der Waals surface area contributed by atoms with Crippen molar-refractivity contribution in [1.29, 1.82) is 0 Å². The molecule has 1 heterocycles. The molecule has 0 unspecified atom stereocenters. The molecule has 112 valence electrons. The molecule has 5 nitrogen and oxygen atoms in total. The molecule has 1 aromatic heterocycles. The van der Waals surface area contributed by atoms with Crippen LogP contribution in [0.25, 0.3) is 10.9 Å². The highest BCUT2D eigenvalue weighted by Crippen LogP contribution is 2.15. The number of fused-ring (bicyclic) bond motifs is 1. The van der Waals surface area contributed by atoms with Gasteiger partial charge in [0.05, 0.1) is 5.52 Å². The first-order valence-electron chi connectivity index (χ1n) is 7.21. The van der Waals surface area contributed by atoms with Gasteiger partial charge in [-0.2, -0.15) is 5.10 Å². The standard InChI is InChI=1S/C17H18N4O/c1-18-10-12-6-8-13(9-7-12)11-19-17(22)16-14-4-2-3-5-15(14)20-21-16/h2-9,18H,10-11H2,1H3,(H,19,22)(H,20,21). The number of aromatic amines is 1. The lowest BCUT2D eigenvalue weighted by Gasteiger charge is -2.05. The zero-order chi connectivity index (χ0) is 15.4. The Morgan fingerprint density at radius 2 is 1.73 bits per heavy atom. The zero-order valence-corrected chi connectivity index (χ0v) is 12.4. The molecule has 3 aromatic rings. The molecule has 0 atom stereocenters. The van der Waals surface area contributed by atoms with E-state index in [2.05, 4.69) is 33.0 Å². The van der Waals surface area contributed by atoms with E-state index >= 15 is 0 Å². The van der Waals surface area contributed by atoms with Crippen LogP contribution in [0.5, 0.6) is 0 Å². The zero-order valence-electron chi connectivity index (χ0n) is 12.4. The van der Waals surface area contributed by atoms with Crippen LogP contribution in [0.1, 0.15) is 21.6 Å². The van der Waals surface area contributed by atoms with Crippen LogP contribution < -0.4 is 10.6 Å². The van der Waals surface area contributed by atoms with Gasteiger partial charge in [0.25, 0.3) is 5.91 Å². The van der Waals surface area contributed by atoms with E-state index in [0.29, 0.717) is 12.2 Å². The van der Waals surface area contributed by atoms with Gasteiger partial charge < -0.3 is 10.6 Å². The van der Waals surface area contributed by atoms with Gasteiger partial charge in [0, 0.05) is 18.5 Å². The molecule has 0 bridgehead atoms. The van der Waals surface area contributed by atoms with Gasteiger partial charge in [-0.15, -0.1) is 0 Å². The van der Waals surface area contributed by atoms with Gasteiger partial charge in [-0.3, -0.25) is 9.89 Å². The van der Waals surface area contributed by atoms with E-state index in [1.807, 2.05) is 43.4 Å². The Labute approximate surface area is 128 Å². The van der Waals surface area contributed by atoms with E-state index in [4.69, 9.17) is 0 Å². The summed E-state index contributed by atoms with van der Waals surface area (Å²) in [5.41, 5.74) is 3.58. The number of H-pyrrole nitrogens is 1. The van der Waals surface area contributed by atoms with E-state index < -0.39 is 0 Å². The van der Waals surface area contributed by atoms with Gasteiger partial charge in [0.2, 0.25) is 0 Å². The molecular weight excluding hydrogens is 276 g/mol. The highest BCUT2D eigenvalue weighted by Gasteiger charge is 2.13. The average molecular weight is 294 g/mol. The first-order valence-corrected chi connectivity index (χ1v) is 7.21. The fraction of sp³-hybridized carbons (Fsp3) is 0.176. The van der Waals surface area contributed by atoms with Crippen molar-refractivity contribution in [2.45, 2.75) is 13.1 Å². The molecule has 0 radical (unpaired) electrons. The SMILES string of the molecule is CNCc1ccc(CNC(=O)c2n[nH]c3ccccc23)cc1. The molecule has 0 aliphatic rings. The number of rotatable bonds is 5. The molecule has 3 rings (SSSR count). The molecule has 0 saturated heterocycles. The maximum atomic E-state index is 12.3. The van der Waals surface area contributed by atoms with E-state index in [1.54, 1.807) is 0 Å². The number of nitrogens with one attached hydrogen (secondary N) is 3. The van der Waals surface area contributed by atoms with Gasteiger partial charge >= 0.3 is 0 Å². The number of carbonyl (C=O) groups excluding carboxylic acids is 1. The number of hydrogen-bond donors (Lipinski definition) is 3. The fourth-order valence-electron chi connectivity index (χ4n) is 2.38. The van der Waals surface area contributed by atoms with Crippen molar-refractivity contribution in [2.24, 2.45) is 0 Å². The first-order chi connectivity index (χ1) is 10.8. The molecule has 22 heavy (non-hydrogen) atoms. The van der Waals surface area contributed by atoms with Gasteiger partial charge in [-0.25, -0.2) is 0 Å². The highest BCUT2D eigenvalue weighted by molar-refractivity contribution is 6.04. The summed E-state index contributed by atoms with van der Waals surface area (Å²) in [4.78, 5) is 12.3. The van der Waals surface area contributed by atoms with Crippen molar-refractivity contribution in [3.63, 3.8) is 0 Å². The summed E-state index contributed by atoms with van der Waals surface area (Å²) >= 11 is 0. The quantitative estimate of drug-likeness (QED) is 0.676. The maximum Gasteiger partial charge on any atom is 0.272 e. The molecule has 0 saturated carbocycles. The molecule has 0 fully saturated rings. The lowest BCUT2D eigenvalue weighted by atomic mass is 10.1. The second kappa shape index (κ2) is 6.41. The van der Waals surface area contributed by atoms with Gasteiger partial charge in [-0.05, 0) is 24.2 Å². The molecule has 0 spiro atoms. The minimum atomic E-state index is -0.170. The summed E-state index contributed by atoms with van der Waals surface area (Å²) in [5, 5.41) is 13.8. The summed E-state index contributed by atoms with van der Waals surface area (Å²) < 4.78 is 0. The number of hydrogen-bond acceptors (Lipinski definition) is 3. The van der Waals surface area contributed by atoms with Crippen molar-refractivity contribution >= 4 is 16.8 Å². The van der Waals surface area contributed by atoms with Crippen molar-refractivity contribution < 1.29 is 4.79 Å². The molecule has 5 heteroatoms. The number of benzene rings is 2. The topological polar surface area (TPSA) is 69.8 Å². The Morgan fingerprint density at radius 3 is 2.45 bits per heavy atom. The molecule has 2 aromatic carbocycles. The van der Waals surface area contributed by atoms with E-state index in [0.717, 1.165) is 23.0 Å². The minimum absolute atomic E-state index is 0.170. The molecular formula is C17H18N4O. The van der Waals surface area contributed by atoms with Crippen LogP contribution >= 0.6 is 0 Å². The van der Waals surface area contributed by atoms with Crippen molar-refractivity contribution in [2.75, 3.05) is 7.05 Å². The van der Waals surface area contributed by atoms with Crippen LogP contribution in [-0.2, 0) is 13.1 Å². The Kier molecular flexibility index (Phi) is 4.16. The predicted molar refractivity (Wildman–Crippen MR) is 86.5 cm³/mol. The third-order valence-corrected chi connectivity index (χ3v) is 3.54. The summed E-state index contributed by atoms with van der Waals surface area (Å²) in [5.74, 6) is -0.170. The van der Waals surface area contributed by atoms with Gasteiger partial charge in [0.15, 0.2) is 5.69 Å². The van der Waals surface area contributed by atoms with Crippen LogP contribution in [0.2, 0.25) is 0 Å². The fourth-order valence-corrected chi connectivity index (χ4v) is 2.38. The van der Waals surface area contributed by atoms with Crippen LogP contribution in [0, 0.1) is 0 Å². The summed E-state index contributed by atoms with van der Waals surface area (Å²) in [6.45, 7) is 1.33. The third kappa shape index (κ3) is 2.99. The normalized spacial score (nSPS) is 10.8. The number of para-hydroxylation sites is 1. The number of carbonyl (C=O) groups is 1. The van der Waals surface area contributed by atoms with Crippen molar-refractivity contribution in [3.8, 4) is 0 Å². The number of aromatic nitrogens is 2. The second-order valence-corrected chi connectivity index (χ2v) is 5.15. The van der Waals surface area contributed by atoms with Crippen LogP contribution in [0.4, 0.5) is 0 Å². The number of amides is 1. The predicted octanol–water partition coefficient (Wildman–Crippen LogP) is 2.21. The lowest BCUT2D eigenvalue weighted by molar-refractivity contribution is 0.0947. The largest absolute Gasteiger partial charge is 0.347 e. The van der Waals surface area contributed by atoms with Crippen LogP contribution in [0.15, 0.2) is 48.5 Å². The monoisotopic (exact) mass is 294 g/mol. The summed E-state index contributed by atoms with van der Waals surface area (Å²) in [6.07, 6.45) is 0.